The third-order valence-corrected chi connectivity index (χ3v) is 3.84. The zero-order valence-electron chi connectivity index (χ0n) is 13.7. The van der Waals surface area contributed by atoms with Crippen molar-refractivity contribution in [3.63, 3.8) is 0 Å². The Hall–Kier alpha value is -1.79. The van der Waals surface area contributed by atoms with Crippen LogP contribution >= 0.6 is 15.9 Å². The molecule has 0 saturated carbocycles. The van der Waals surface area contributed by atoms with Crippen molar-refractivity contribution in [2.24, 2.45) is 0 Å². The zero-order chi connectivity index (χ0) is 16.8. The maximum atomic E-state index is 12.8. The molecular formula is C17H22BrN3O2. The Morgan fingerprint density at radius 2 is 1.74 bits per heavy atom. The number of rotatable bonds is 6. The Morgan fingerprint density at radius 1 is 1.04 bits per heavy atom. The first-order chi connectivity index (χ1) is 11.0. The van der Waals surface area contributed by atoms with Gasteiger partial charge >= 0.3 is 6.03 Å². The second-order valence-corrected chi connectivity index (χ2v) is 6.42. The van der Waals surface area contributed by atoms with Gasteiger partial charge in [0.15, 0.2) is 4.67 Å². The summed E-state index contributed by atoms with van der Waals surface area (Å²) in [4.78, 5) is 18.4. The van der Waals surface area contributed by atoms with Gasteiger partial charge in [0.1, 0.15) is 5.76 Å². The maximum Gasteiger partial charge on any atom is 0.324 e. The Kier molecular flexibility index (Phi) is 6.24. The molecular weight excluding hydrogens is 358 g/mol. The van der Waals surface area contributed by atoms with E-state index in [9.17, 15) is 4.79 Å². The largest absolute Gasteiger partial charge is 0.452 e. The minimum absolute atomic E-state index is 0.0504. The summed E-state index contributed by atoms with van der Waals surface area (Å²) in [5.74, 6) is 0.744. The van der Waals surface area contributed by atoms with Crippen LogP contribution in [0.25, 0.3) is 0 Å². The van der Waals surface area contributed by atoms with Crippen LogP contribution in [0, 0.1) is 0 Å². The number of hydrogen-bond donors (Lipinski definition) is 0. The summed E-state index contributed by atoms with van der Waals surface area (Å²) in [6, 6.07) is 13.4. The molecule has 0 aliphatic carbocycles. The molecule has 0 bridgehead atoms. The lowest BCUT2D eigenvalue weighted by atomic mass is 10.3. The SMILES string of the molecule is CN(C)CCN(C(=O)N(C)Cc1ccc(Br)o1)c1ccccc1. The van der Waals surface area contributed by atoms with Crippen molar-refractivity contribution in [3.05, 3.63) is 52.9 Å². The lowest BCUT2D eigenvalue weighted by molar-refractivity contribution is 0.208. The third kappa shape index (κ3) is 5.11. The minimum atomic E-state index is -0.0504. The van der Waals surface area contributed by atoms with Crippen LogP contribution in [-0.4, -0.2) is 50.1 Å². The zero-order valence-corrected chi connectivity index (χ0v) is 15.3. The number of urea groups is 1. The van der Waals surface area contributed by atoms with Gasteiger partial charge in [-0.25, -0.2) is 4.79 Å². The standard InChI is InChI=1S/C17H22BrN3O2/c1-19(2)11-12-21(14-7-5-4-6-8-14)17(22)20(3)13-15-9-10-16(18)23-15/h4-10H,11-13H2,1-3H3. The molecule has 2 aromatic rings. The smallest absolute Gasteiger partial charge is 0.324 e. The summed E-state index contributed by atoms with van der Waals surface area (Å²) in [5, 5.41) is 0. The van der Waals surface area contributed by atoms with E-state index in [0.717, 1.165) is 18.0 Å². The first kappa shape index (κ1) is 17.6. The number of carbonyl (C=O) groups is 1. The van der Waals surface area contributed by atoms with Crippen molar-refractivity contribution in [2.45, 2.75) is 6.54 Å². The molecule has 2 amide bonds. The van der Waals surface area contributed by atoms with Crippen LogP contribution in [0.3, 0.4) is 0 Å². The molecule has 0 spiro atoms. The summed E-state index contributed by atoms with van der Waals surface area (Å²) in [5.41, 5.74) is 0.895. The fraction of sp³-hybridized carbons (Fsp3) is 0.353. The predicted octanol–water partition coefficient (Wildman–Crippen LogP) is 3.66. The molecule has 0 aliphatic rings. The maximum absolute atomic E-state index is 12.8. The van der Waals surface area contributed by atoms with E-state index in [1.54, 1.807) is 16.8 Å². The number of anilines is 1. The Labute approximate surface area is 145 Å². The van der Waals surface area contributed by atoms with Gasteiger partial charge in [-0.2, -0.15) is 0 Å². The van der Waals surface area contributed by atoms with E-state index >= 15 is 0 Å². The number of likely N-dealkylation sites (N-methyl/N-ethyl adjacent to an activating group) is 1. The van der Waals surface area contributed by atoms with Gasteiger partial charge in [-0.1, -0.05) is 18.2 Å². The molecule has 0 unspecified atom stereocenters. The highest BCUT2D eigenvalue weighted by Gasteiger charge is 2.20. The normalized spacial score (nSPS) is 10.8. The van der Waals surface area contributed by atoms with Gasteiger partial charge in [-0.15, -0.1) is 0 Å². The van der Waals surface area contributed by atoms with Gasteiger partial charge in [-0.3, -0.25) is 4.90 Å². The van der Waals surface area contributed by atoms with Crippen molar-refractivity contribution < 1.29 is 9.21 Å². The quantitative estimate of drug-likeness (QED) is 0.768. The van der Waals surface area contributed by atoms with E-state index in [2.05, 4.69) is 20.8 Å². The molecule has 0 saturated heterocycles. The lowest BCUT2D eigenvalue weighted by Crippen LogP contribution is -2.43. The van der Waals surface area contributed by atoms with E-state index in [1.165, 1.54) is 0 Å². The number of hydrogen-bond acceptors (Lipinski definition) is 3. The Balaban J connectivity index is 2.11. The van der Waals surface area contributed by atoms with E-state index in [1.807, 2.05) is 56.6 Å². The second kappa shape index (κ2) is 8.17. The van der Waals surface area contributed by atoms with E-state index in [0.29, 0.717) is 17.8 Å². The average molecular weight is 380 g/mol. The topological polar surface area (TPSA) is 39.9 Å². The van der Waals surface area contributed by atoms with Gasteiger partial charge in [-0.05, 0) is 54.3 Å². The van der Waals surface area contributed by atoms with E-state index < -0.39 is 0 Å². The summed E-state index contributed by atoms with van der Waals surface area (Å²) < 4.78 is 6.15. The molecule has 1 aromatic heterocycles. The fourth-order valence-corrected chi connectivity index (χ4v) is 2.53. The number of nitrogens with zero attached hydrogens (tertiary/aromatic N) is 3. The number of para-hydroxylation sites is 1. The Morgan fingerprint density at radius 3 is 2.30 bits per heavy atom. The highest BCUT2D eigenvalue weighted by Crippen LogP contribution is 2.18. The minimum Gasteiger partial charge on any atom is -0.452 e. The van der Waals surface area contributed by atoms with Crippen LogP contribution < -0.4 is 4.90 Å². The number of carbonyl (C=O) groups excluding carboxylic acids is 1. The second-order valence-electron chi connectivity index (χ2n) is 5.63. The molecule has 1 heterocycles. The molecule has 6 heteroatoms. The first-order valence-corrected chi connectivity index (χ1v) is 8.23. The van der Waals surface area contributed by atoms with Crippen LogP contribution in [0.2, 0.25) is 0 Å². The summed E-state index contributed by atoms with van der Waals surface area (Å²) >= 11 is 3.28. The molecule has 0 fully saturated rings. The van der Waals surface area contributed by atoms with Crippen molar-refractivity contribution in [1.29, 1.82) is 0 Å². The van der Waals surface area contributed by atoms with Crippen LogP contribution in [0.1, 0.15) is 5.76 Å². The van der Waals surface area contributed by atoms with Crippen LogP contribution in [-0.2, 0) is 6.54 Å². The molecule has 0 atom stereocenters. The van der Waals surface area contributed by atoms with E-state index in [-0.39, 0.29) is 6.03 Å². The molecule has 0 aliphatic heterocycles. The van der Waals surface area contributed by atoms with Crippen LogP contribution in [0.5, 0.6) is 0 Å². The van der Waals surface area contributed by atoms with Crippen molar-refractivity contribution >= 4 is 27.6 Å². The Bertz CT molecular complexity index is 628. The predicted molar refractivity (Wildman–Crippen MR) is 95.6 cm³/mol. The molecule has 23 heavy (non-hydrogen) atoms. The molecule has 1 aromatic carbocycles. The van der Waals surface area contributed by atoms with Crippen LogP contribution in [0.15, 0.2) is 51.6 Å². The van der Waals surface area contributed by atoms with Crippen molar-refractivity contribution in [3.8, 4) is 0 Å². The summed E-state index contributed by atoms with van der Waals surface area (Å²) in [7, 11) is 5.78. The van der Waals surface area contributed by atoms with Gasteiger partial charge in [0.05, 0.1) is 6.54 Å². The first-order valence-electron chi connectivity index (χ1n) is 7.44. The molecule has 124 valence electrons. The van der Waals surface area contributed by atoms with Gasteiger partial charge in [0, 0.05) is 25.8 Å². The highest BCUT2D eigenvalue weighted by atomic mass is 79.9. The van der Waals surface area contributed by atoms with Gasteiger partial charge in [0.25, 0.3) is 0 Å². The van der Waals surface area contributed by atoms with Crippen molar-refractivity contribution in [1.82, 2.24) is 9.80 Å². The van der Waals surface area contributed by atoms with Gasteiger partial charge in [0.2, 0.25) is 0 Å². The highest BCUT2D eigenvalue weighted by molar-refractivity contribution is 9.10. The lowest BCUT2D eigenvalue weighted by Gasteiger charge is -2.29. The number of halogens is 1. The molecule has 0 radical (unpaired) electrons. The monoisotopic (exact) mass is 379 g/mol. The van der Waals surface area contributed by atoms with Crippen molar-refractivity contribution in [2.75, 3.05) is 39.1 Å². The average Bonchev–Trinajstić information content (AvgIpc) is 2.93. The molecule has 5 nitrogen and oxygen atoms in total. The third-order valence-electron chi connectivity index (χ3n) is 3.42. The number of furan rings is 1. The number of amides is 2. The van der Waals surface area contributed by atoms with Crippen LogP contribution in [0.4, 0.5) is 10.5 Å². The van der Waals surface area contributed by atoms with Gasteiger partial charge < -0.3 is 14.2 Å². The fourth-order valence-electron chi connectivity index (χ4n) is 2.19. The molecule has 0 N–H and O–H groups in total. The summed E-state index contributed by atoms with van der Waals surface area (Å²) in [6.45, 7) is 1.85. The number of benzene rings is 1. The van der Waals surface area contributed by atoms with E-state index in [4.69, 9.17) is 4.42 Å². The molecule has 2 rings (SSSR count). The summed E-state index contributed by atoms with van der Waals surface area (Å²) in [6.07, 6.45) is 0.